The molecular weight excluding hydrogens is 366 g/mol. The quantitative estimate of drug-likeness (QED) is 0.484. The molecule has 0 radical (unpaired) electrons. The Morgan fingerprint density at radius 2 is 1.93 bits per heavy atom. The molecule has 0 saturated heterocycles. The number of carbonyl (C=O) groups excluding carboxylic acids is 1. The molecule has 1 aromatic carbocycles. The molecule has 0 saturated carbocycles. The SMILES string of the molecule is Cc1nc2ncnn2c(C)c1CCC(=O)N(Cc1ccccc1)Cc1ccco1. The Bertz CT molecular complexity index is 1100. The first kappa shape index (κ1) is 18.9. The summed E-state index contributed by atoms with van der Waals surface area (Å²) in [7, 11) is 0. The average Bonchev–Trinajstić information content (AvgIpc) is 3.40. The van der Waals surface area contributed by atoms with Gasteiger partial charge in [-0.05, 0) is 43.5 Å². The third kappa shape index (κ3) is 4.18. The number of fused-ring (bicyclic) bond motifs is 1. The maximum Gasteiger partial charge on any atom is 0.252 e. The molecule has 0 bridgehead atoms. The highest BCUT2D eigenvalue weighted by Crippen LogP contribution is 2.17. The molecule has 29 heavy (non-hydrogen) atoms. The lowest BCUT2D eigenvalue weighted by Gasteiger charge is -2.22. The summed E-state index contributed by atoms with van der Waals surface area (Å²) in [6, 6.07) is 13.7. The summed E-state index contributed by atoms with van der Waals surface area (Å²) in [4.78, 5) is 23.6. The fourth-order valence-electron chi connectivity index (χ4n) is 3.53. The van der Waals surface area contributed by atoms with Gasteiger partial charge in [0.2, 0.25) is 5.91 Å². The van der Waals surface area contributed by atoms with Gasteiger partial charge in [-0.25, -0.2) is 9.50 Å². The van der Waals surface area contributed by atoms with Crippen LogP contribution in [0, 0.1) is 13.8 Å². The van der Waals surface area contributed by atoms with Crippen molar-refractivity contribution in [2.75, 3.05) is 0 Å². The molecule has 0 spiro atoms. The highest BCUT2D eigenvalue weighted by atomic mass is 16.3. The van der Waals surface area contributed by atoms with Gasteiger partial charge in [-0.2, -0.15) is 10.1 Å². The number of hydrogen-bond acceptors (Lipinski definition) is 5. The van der Waals surface area contributed by atoms with E-state index in [0.29, 0.717) is 31.7 Å². The van der Waals surface area contributed by atoms with Crippen molar-refractivity contribution in [3.05, 3.63) is 83.3 Å². The van der Waals surface area contributed by atoms with Gasteiger partial charge in [-0.15, -0.1) is 0 Å². The maximum atomic E-state index is 13.1. The summed E-state index contributed by atoms with van der Waals surface area (Å²) in [5, 5.41) is 4.22. The van der Waals surface area contributed by atoms with Crippen LogP contribution in [0.25, 0.3) is 5.78 Å². The lowest BCUT2D eigenvalue weighted by molar-refractivity contribution is -0.132. The van der Waals surface area contributed by atoms with Crippen molar-refractivity contribution in [1.29, 1.82) is 0 Å². The second kappa shape index (κ2) is 8.26. The van der Waals surface area contributed by atoms with E-state index in [1.807, 2.05) is 61.2 Å². The molecule has 0 N–H and O–H groups in total. The highest BCUT2D eigenvalue weighted by Gasteiger charge is 2.18. The van der Waals surface area contributed by atoms with Crippen LogP contribution in [-0.2, 0) is 24.3 Å². The van der Waals surface area contributed by atoms with E-state index in [2.05, 4.69) is 15.1 Å². The summed E-state index contributed by atoms with van der Waals surface area (Å²) in [6.07, 6.45) is 4.11. The van der Waals surface area contributed by atoms with E-state index in [9.17, 15) is 4.79 Å². The van der Waals surface area contributed by atoms with Gasteiger partial charge in [0.15, 0.2) is 0 Å². The molecule has 0 atom stereocenters. The fourth-order valence-corrected chi connectivity index (χ4v) is 3.53. The molecule has 0 aliphatic carbocycles. The fraction of sp³-hybridized carbons (Fsp3) is 0.273. The van der Waals surface area contributed by atoms with Crippen molar-refractivity contribution >= 4 is 11.7 Å². The Balaban J connectivity index is 1.51. The van der Waals surface area contributed by atoms with Crippen LogP contribution in [0.5, 0.6) is 0 Å². The van der Waals surface area contributed by atoms with Crippen molar-refractivity contribution in [2.45, 2.75) is 39.8 Å². The van der Waals surface area contributed by atoms with E-state index >= 15 is 0 Å². The number of hydrogen-bond donors (Lipinski definition) is 0. The summed E-state index contributed by atoms with van der Waals surface area (Å²) >= 11 is 0. The summed E-state index contributed by atoms with van der Waals surface area (Å²) in [5.74, 6) is 1.42. The number of benzene rings is 1. The van der Waals surface area contributed by atoms with Crippen LogP contribution >= 0.6 is 0 Å². The van der Waals surface area contributed by atoms with E-state index < -0.39 is 0 Å². The molecule has 7 nitrogen and oxygen atoms in total. The van der Waals surface area contributed by atoms with Crippen LogP contribution < -0.4 is 0 Å². The van der Waals surface area contributed by atoms with Gasteiger partial charge >= 0.3 is 0 Å². The zero-order valence-electron chi connectivity index (χ0n) is 16.6. The second-order valence-corrected chi connectivity index (χ2v) is 7.05. The van der Waals surface area contributed by atoms with E-state index in [0.717, 1.165) is 28.3 Å². The maximum absolute atomic E-state index is 13.1. The van der Waals surface area contributed by atoms with Gasteiger partial charge < -0.3 is 9.32 Å². The first-order valence-electron chi connectivity index (χ1n) is 9.61. The molecule has 3 aromatic heterocycles. The minimum atomic E-state index is 0.0720. The second-order valence-electron chi connectivity index (χ2n) is 7.05. The minimum Gasteiger partial charge on any atom is -0.467 e. The molecule has 148 valence electrons. The largest absolute Gasteiger partial charge is 0.467 e. The topological polar surface area (TPSA) is 76.5 Å². The number of aromatic nitrogens is 4. The Hall–Kier alpha value is -3.48. The number of aryl methyl sites for hydroxylation is 2. The molecule has 0 aliphatic rings. The van der Waals surface area contributed by atoms with E-state index in [1.54, 1.807) is 10.8 Å². The highest BCUT2D eigenvalue weighted by molar-refractivity contribution is 5.76. The third-order valence-electron chi connectivity index (χ3n) is 5.07. The Kier molecular flexibility index (Phi) is 5.37. The van der Waals surface area contributed by atoms with Gasteiger partial charge in [0.1, 0.15) is 12.1 Å². The van der Waals surface area contributed by atoms with Gasteiger partial charge in [-0.1, -0.05) is 30.3 Å². The summed E-state index contributed by atoms with van der Waals surface area (Å²) in [5.41, 5.74) is 3.98. The van der Waals surface area contributed by atoms with Gasteiger partial charge in [0, 0.05) is 24.4 Å². The molecule has 1 amide bonds. The van der Waals surface area contributed by atoms with E-state index in [-0.39, 0.29) is 5.91 Å². The normalized spacial score (nSPS) is 11.1. The van der Waals surface area contributed by atoms with Crippen LogP contribution in [-0.4, -0.2) is 30.4 Å². The molecule has 4 aromatic rings. The van der Waals surface area contributed by atoms with Gasteiger partial charge in [-0.3, -0.25) is 4.79 Å². The minimum absolute atomic E-state index is 0.0720. The van der Waals surface area contributed by atoms with Crippen LogP contribution in [0.2, 0.25) is 0 Å². The van der Waals surface area contributed by atoms with Crippen molar-refractivity contribution in [3.63, 3.8) is 0 Å². The van der Waals surface area contributed by atoms with Gasteiger partial charge in [0.25, 0.3) is 5.78 Å². The zero-order chi connectivity index (χ0) is 20.2. The van der Waals surface area contributed by atoms with Crippen LogP contribution in [0.15, 0.2) is 59.5 Å². The Morgan fingerprint density at radius 1 is 1.10 bits per heavy atom. The standard InChI is InChI=1S/C22H23N5O2/c1-16-20(17(2)27-22(25-16)23-15-24-27)10-11-21(28)26(14-19-9-6-12-29-19)13-18-7-4-3-5-8-18/h3-9,12,15H,10-11,13-14H2,1-2H3. The number of nitrogens with zero attached hydrogens (tertiary/aromatic N) is 5. The van der Waals surface area contributed by atoms with Crippen molar-refractivity contribution in [3.8, 4) is 0 Å². The summed E-state index contributed by atoms with van der Waals surface area (Å²) in [6.45, 7) is 4.92. The molecule has 4 rings (SSSR count). The Morgan fingerprint density at radius 3 is 2.69 bits per heavy atom. The monoisotopic (exact) mass is 389 g/mol. The molecule has 0 aliphatic heterocycles. The van der Waals surface area contributed by atoms with Crippen LogP contribution in [0.4, 0.5) is 0 Å². The molecule has 0 unspecified atom stereocenters. The molecule has 0 fully saturated rings. The Labute approximate surface area is 169 Å². The lowest BCUT2D eigenvalue weighted by atomic mass is 10.1. The number of amides is 1. The average molecular weight is 389 g/mol. The summed E-state index contributed by atoms with van der Waals surface area (Å²) < 4.78 is 7.19. The molecule has 7 heteroatoms. The van der Waals surface area contributed by atoms with E-state index in [4.69, 9.17) is 4.42 Å². The number of carbonyl (C=O) groups is 1. The molecular formula is C22H23N5O2. The van der Waals surface area contributed by atoms with Crippen molar-refractivity contribution in [2.24, 2.45) is 0 Å². The number of rotatable bonds is 7. The smallest absolute Gasteiger partial charge is 0.252 e. The first-order chi connectivity index (χ1) is 14.1. The third-order valence-corrected chi connectivity index (χ3v) is 5.07. The number of furan rings is 1. The van der Waals surface area contributed by atoms with E-state index in [1.165, 1.54) is 6.33 Å². The first-order valence-corrected chi connectivity index (χ1v) is 9.61. The van der Waals surface area contributed by atoms with Crippen LogP contribution in [0.3, 0.4) is 0 Å². The van der Waals surface area contributed by atoms with Crippen LogP contribution in [0.1, 0.15) is 34.7 Å². The van der Waals surface area contributed by atoms with Crippen molar-refractivity contribution in [1.82, 2.24) is 24.5 Å². The molecule has 3 heterocycles. The van der Waals surface area contributed by atoms with Crippen molar-refractivity contribution < 1.29 is 9.21 Å². The van der Waals surface area contributed by atoms with Gasteiger partial charge in [0.05, 0.1) is 12.8 Å². The lowest BCUT2D eigenvalue weighted by Crippen LogP contribution is -2.30. The predicted octanol–water partition coefficient (Wildman–Crippen LogP) is 3.50. The predicted molar refractivity (Wildman–Crippen MR) is 108 cm³/mol. The zero-order valence-corrected chi connectivity index (χ0v) is 16.6.